The van der Waals surface area contributed by atoms with E-state index in [0.717, 1.165) is 5.56 Å². The number of carbonyl (C=O) groups is 1. The van der Waals surface area contributed by atoms with Gasteiger partial charge < -0.3 is 15.7 Å². The molecule has 1 aliphatic heterocycles. The molecule has 1 aromatic rings. The van der Waals surface area contributed by atoms with Gasteiger partial charge in [-0.1, -0.05) is 12.1 Å². The fourth-order valence-corrected chi connectivity index (χ4v) is 2.04. The molecular formula is C13H18N2O2. The van der Waals surface area contributed by atoms with E-state index in [-0.39, 0.29) is 12.0 Å². The number of rotatable bonds is 2. The lowest BCUT2D eigenvalue weighted by molar-refractivity contribution is -0.132. The molecule has 1 fully saturated rings. The van der Waals surface area contributed by atoms with Crippen molar-refractivity contribution in [3.63, 3.8) is 0 Å². The highest BCUT2D eigenvalue weighted by atomic mass is 16.3. The van der Waals surface area contributed by atoms with E-state index in [1.54, 1.807) is 0 Å². The summed E-state index contributed by atoms with van der Waals surface area (Å²) < 4.78 is 0. The molecule has 0 aliphatic carbocycles. The van der Waals surface area contributed by atoms with E-state index in [1.807, 2.05) is 29.2 Å². The van der Waals surface area contributed by atoms with Crippen LogP contribution in [0.5, 0.6) is 0 Å². The number of nitrogens with zero attached hydrogens (tertiary/aromatic N) is 1. The lowest BCUT2D eigenvalue weighted by atomic mass is 10.1. The Hall–Kier alpha value is -1.55. The van der Waals surface area contributed by atoms with Crippen LogP contribution >= 0.6 is 0 Å². The number of hydrogen-bond acceptors (Lipinski definition) is 3. The minimum atomic E-state index is -0.240. The maximum atomic E-state index is 12.0. The van der Waals surface area contributed by atoms with Crippen molar-refractivity contribution in [1.29, 1.82) is 0 Å². The Morgan fingerprint density at radius 1 is 1.29 bits per heavy atom. The van der Waals surface area contributed by atoms with E-state index in [4.69, 9.17) is 5.73 Å². The Kier molecular flexibility index (Phi) is 3.64. The highest BCUT2D eigenvalue weighted by molar-refractivity contribution is 5.79. The molecule has 2 rings (SSSR count). The summed E-state index contributed by atoms with van der Waals surface area (Å²) in [6.07, 6.45) is 1.55. The normalized spacial score (nSPS) is 17.1. The number of aliphatic hydroxyl groups excluding tert-OH is 1. The summed E-state index contributed by atoms with van der Waals surface area (Å²) >= 11 is 0. The Morgan fingerprint density at radius 2 is 1.88 bits per heavy atom. The van der Waals surface area contributed by atoms with Crippen LogP contribution in [0.4, 0.5) is 5.69 Å². The van der Waals surface area contributed by atoms with Gasteiger partial charge in [0.2, 0.25) is 5.91 Å². The molecule has 0 saturated carbocycles. The standard InChI is InChI=1S/C13H18N2O2/c14-11-3-1-10(2-4-11)9-13(17)15-7-5-12(16)6-8-15/h1-4,12,16H,5-9,14H2. The topological polar surface area (TPSA) is 66.6 Å². The lowest BCUT2D eigenvalue weighted by Gasteiger charge is -2.29. The second-order valence-electron chi connectivity index (χ2n) is 4.53. The first-order valence-corrected chi connectivity index (χ1v) is 5.95. The number of carbonyl (C=O) groups excluding carboxylic acids is 1. The van der Waals surface area contributed by atoms with Gasteiger partial charge in [0.25, 0.3) is 0 Å². The van der Waals surface area contributed by atoms with Crippen molar-refractivity contribution < 1.29 is 9.90 Å². The molecule has 3 N–H and O–H groups in total. The molecule has 0 spiro atoms. The smallest absolute Gasteiger partial charge is 0.226 e. The summed E-state index contributed by atoms with van der Waals surface area (Å²) in [7, 11) is 0. The average Bonchev–Trinajstić information content (AvgIpc) is 2.33. The van der Waals surface area contributed by atoms with Gasteiger partial charge in [-0.15, -0.1) is 0 Å². The molecule has 1 aromatic carbocycles. The zero-order chi connectivity index (χ0) is 12.3. The van der Waals surface area contributed by atoms with E-state index >= 15 is 0 Å². The van der Waals surface area contributed by atoms with Crippen molar-refractivity contribution in [2.24, 2.45) is 0 Å². The molecule has 0 bridgehead atoms. The fraction of sp³-hybridized carbons (Fsp3) is 0.462. The third kappa shape index (κ3) is 3.20. The van der Waals surface area contributed by atoms with Crippen molar-refractivity contribution in [1.82, 2.24) is 4.90 Å². The number of piperidine rings is 1. The molecule has 1 saturated heterocycles. The Bertz CT molecular complexity index is 381. The summed E-state index contributed by atoms with van der Waals surface area (Å²) in [5, 5.41) is 9.38. The number of amides is 1. The quantitative estimate of drug-likeness (QED) is 0.744. The molecule has 0 unspecified atom stereocenters. The number of anilines is 1. The first-order valence-electron chi connectivity index (χ1n) is 5.95. The molecule has 1 amide bonds. The van der Waals surface area contributed by atoms with Gasteiger partial charge in [-0.05, 0) is 30.5 Å². The van der Waals surface area contributed by atoms with Gasteiger partial charge in [-0.3, -0.25) is 4.79 Å². The van der Waals surface area contributed by atoms with Crippen LogP contribution in [0.25, 0.3) is 0 Å². The Balaban J connectivity index is 1.90. The van der Waals surface area contributed by atoms with Crippen LogP contribution in [-0.4, -0.2) is 35.1 Å². The van der Waals surface area contributed by atoms with Gasteiger partial charge in [-0.2, -0.15) is 0 Å². The summed E-state index contributed by atoms with van der Waals surface area (Å²) in [4.78, 5) is 13.8. The molecule has 4 nitrogen and oxygen atoms in total. The van der Waals surface area contributed by atoms with E-state index < -0.39 is 0 Å². The first kappa shape index (κ1) is 11.9. The maximum Gasteiger partial charge on any atom is 0.226 e. The monoisotopic (exact) mass is 234 g/mol. The average molecular weight is 234 g/mol. The predicted octanol–water partition coefficient (Wildman–Crippen LogP) is 0.795. The number of benzene rings is 1. The maximum absolute atomic E-state index is 12.0. The van der Waals surface area contributed by atoms with Gasteiger partial charge in [0, 0.05) is 18.8 Å². The van der Waals surface area contributed by atoms with Gasteiger partial charge >= 0.3 is 0 Å². The van der Waals surface area contributed by atoms with Crippen molar-refractivity contribution in [3.05, 3.63) is 29.8 Å². The predicted molar refractivity (Wildman–Crippen MR) is 66.4 cm³/mol. The molecule has 1 aliphatic rings. The van der Waals surface area contributed by atoms with Gasteiger partial charge in [0.1, 0.15) is 0 Å². The van der Waals surface area contributed by atoms with Crippen LogP contribution in [-0.2, 0) is 11.2 Å². The summed E-state index contributed by atoms with van der Waals surface area (Å²) in [6.45, 7) is 1.32. The molecule has 0 radical (unpaired) electrons. The zero-order valence-electron chi connectivity index (χ0n) is 9.80. The molecular weight excluding hydrogens is 216 g/mol. The van der Waals surface area contributed by atoms with Gasteiger partial charge in [0.15, 0.2) is 0 Å². The molecule has 0 aromatic heterocycles. The third-order valence-corrected chi connectivity index (χ3v) is 3.15. The first-order chi connectivity index (χ1) is 8.15. The molecule has 4 heteroatoms. The van der Waals surface area contributed by atoms with Crippen LogP contribution in [0.15, 0.2) is 24.3 Å². The van der Waals surface area contributed by atoms with Crippen LogP contribution in [0.2, 0.25) is 0 Å². The second kappa shape index (κ2) is 5.19. The van der Waals surface area contributed by atoms with E-state index in [9.17, 15) is 9.90 Å². The Morgan fingerprint density at radius 3 is 2.47 bits per heavy atom. The fourth-order valence-electron chi connectivity index (χ4n) is 2.04. The number of nitrogen functional groups attached to an aromatic ring is 1. The lowest BCUT2D eigenvalue weighted by Crippen LogP contribution is -2.40. The number of hydrogen-bond donors (Lipinski definition) is 2. The van der Waals surface area contributed by atoms with E-state index in [1.165, 1.54) is 0 Å². The summed E-state index contributed by atoms with van der Waals surface area (Å²) in [5.74, 6) is 0.127. The zero-order valence-corrected chi connectivity index (χ0v) is 9.80. The van der Waals surface area contributed by atoms with Gasteiger partial charge in [0.05, 0.1) is 12.5 Å². The van der Waals surface area contributed by atoms with Crippen LogP contribution in [0, 0.1) is 0 Å². The minimum Gasteiger partial charge on any atom is -0.399 e. The van der Waals surface area contributed by atoms with Crippen molar-refractivity contribution in [2.75, 3.05) is 18.8 Å². The second-order valence-corrected chi connectivity index (χ2v) is 4.53. The number of nitrogens with two attached hydrogens (primary N) is 1. The summed E-state index contributed by atoms with van der Waals surface area (Å²) in [5.41, 5.74) is 7.28. The molecule has 0 atom stereocenters. The van der Waals surface area contributed by atoms with Crippen LogP contribution < -0.4 is 5.73 Å². The van der Waals surface area contributed by atoms with Crippen LogP contribution in [0.1, 0.15) is 18.4 Å². The van der Waals surface area contributed by atoms with Gasteiger partial charge in [-0.25, -0.2) is 0 Å². The molecule has 17 heavy (non-hydrogen) atoms. The van der Waals surface area contributed by atoms with Crippen LogP contribution in [0.3, 0.4) is 0 Å². The molecule has 1 heterocycles. The van der Waals surface area contributed by atoms with E-state index in [0.29, 0.717) is 38.0 Å². The highest BCUT2D eigenvalue weighted by Gasteiger charge is 2.20. The summed E-state index contributed by atoms with van der Waals surface area (Å²) in [6, 6.07) is 7.38. The highest BCUT2D eigenvalue weighted by Crippen LogP contribution is 2.13. The Labute approximate surface area is 101 Å². The number of likely N-dealkylation sites (tertiary alicyclic amines) is 1. The van der Waals surface area contributed by atoms with Crippen molar-refractivity contribution >= 4 is 11.6 Å². The molecule has 92 valence electrons. The van der Waals surface area contributed by atoms with E-state index in [2.05, 4.69) is 0 Å². The van der Waals surface area contributed by atoms with Crippen molar-refractivity contribution in [2.45, 2.75) is 25.4 Å². The minimum absolute atomic E-state index is 0.127. The SMILES string of the molecule is Nc1ccc(CC(=O)N2CCC(O)CC2)cc1. The largest absolute Gasteiger partial charge is 0.399 e. The van der Waals surface area contributed by atoms with Crippen molar-refractivity contribution in [3.8, 4) is 0 Å². The number of aliphatic hydroxyl groups is 1. The third-order valence-electron chi connectivity index (χ3n) is 3.15.